The number of rotatable bonds is 3. The van der Waals surface area contributed by atoms with Gasteiger partial charge in [0.25, 0.3) is 0 Å². The molecule has 2 aliphatic rings. The molecule has 1 unspecified atom stereocenters. The van der Waals surface area contributed by atoms with Crippen molar-refractivity contribution in [2.45, 2.75) is 36.7 Å². The van der Waals surface area contributed by atoms with E-state index < -0.39 is 10.0 Å². The van der Waals surface area contributed by atoms with Gasteiger partial charge in [0.05, 0.1) is 18.0 Å². The minimum absolute atomic E-state index is 0.0415. The first-order valence-corrected chi connectivity index (χ1v) is 9.23. The Bertz CT molecular complexity index is 858. The summed E-state index contributed by atoms with van der Waals surface area (Å²) < 4.78 is 32.8. The zero-order valence-corrected chi connectivity index (χ0v) is 14.0. The number of aryl methyl sites for hydroxylation is 2. The molecule has 5 heteroatoms. The second kappa shape index (κ2) is 5.08. The Labute approximate surface area is 136 Å². The number of benzene rings is 2. The number of sulfonamides is 1. The summed E-state index contributed by atoms with van der Waals surface area (Å²) in [5, 5.41) is 0. The molecule has 3 atom stereocenters. The molecule has 120 valence electrons. The Hall–Kier alpha value is -1.85. The van der Waals surface area contributed by atoms with Crippen molar-refractivity contribution in [3.63, 3.8) is 0 Å². The van der Waals surface area contributed by atoms with Crippen LogP contribution in [0.2, 0.25) is 0 Å². The van der Waals surface area contributed by atoms with E-state index in [4.69, 9.17) is 4.74 Å². The zero-order chi connectivity index (χ0) is 16.2. The summed E-state index contributed by atoms with van der Waals surface area (Å²) in [6, 6.07) is 13.1. The molecular formula is C18H19NO3S. The standard InChI is InChI=1S/C18H19NO3S/c1-12-3-8-15(9-4-12)23(20,21)19-17-10-6-13-5-7-14(22-2)11-16(13)18(17)19/h3-5,7-9,11,17-18H,6,10H2,1-2H3/t17-,18+,19?/m0/s1. The van der Waals surface area contributed by atoms with Crippen molar-refractivity contribution in [1.29, 1.82) is 0 Å². The number of hydrogen-bond donors (Lipinski definition) is 0. The molecule has 1 fully saturated rings. The highest BCUT2D eigenvalue weighted by Crippen LogP contribution is 2.54. The van der Waals surface area contributed by atoms with Gasteiger partial charge in [-0.25, -0.2) is 8.42 Å². The summed E-state index contributed by atoms with van der Waals surface area (Å²) in [5.74, 6) is 0.781. The van der Waals surface area contributed by atoms with Crippen molar-refractivity contribution in [2.24, 2.45) is 0 Å². The van der Waals surface area contributed by atoms with Crippen LogP contribution < -0.4 is 4.74 Å². The summed E-state index contributed by atoms with van der Waals surface area (Å²) in [6.07, 6.45) is 1.80. The fourth-order valence-corrected chi connectivity index (χ4v) is 5.35. The average Bonchev–Trinajstić information content (AvgIpc) is 3.30. The molecule has 4 rings (SSSR count). The molecule has 0 spiro atoms. The average molecular weight is 329 g/mol. The van der Waals surface area contributed by atoms with Gasteiger partial charge < -0.3 is 4.74 Å². The van der Waals surface area contributed by atoms with Crippen molar-refractivity contribution in [3.8, 4) is 5.75 Å². The van der Waals surface area contributed by atoms with Crippen LogP contribution >= 0.6 is 0 Å². The third-order valence-electron chi connectivity index (χ3n) is 4.85. The van der Waals surface area contributed by atoms with Crippen molar-refractivity contribution in [3.05, 3.63) is 59.2 Å². The van der Waals surface area contributed by atoms with E-state index in [1.807, 2.05) is 31.2 Å². The van der Waals surface area contributed by atoms with Gasteiger partial charge in [-0.05, 0) is 55.2 Å². The van der Waals surface area contributed by atoms with E-state index in [0.717, 1.165) is 29.7 Å². The first-order valence-electron chi connectivity index (χ1n) is 7.79. The molecule has 2 aromatic carbocycles. The molecule has 1 aliphatic carbocycles. The second-order valence-electron chi connectivity index (χ2n) is 6.26. The lowest BCUT2D eigenvalue weighted by atomic mass is 9.92. The Morgan fingerprint density at radius 2 is 1.87 bits per heavy atom. The first-order chi connectivity index (χ1) is 11.0. The van der Waals surface area contributed by atoms with Crippen LogP contribution in [-0.4, -0.2) is 25.9 Å². The summed E-state index contributed by atoms with van der Waals surface area (Å²) in [4.78, 5) is 0.377. The Morgan fingerprint density at radius 1 is 1.13 bits per heavy atom. The van der Waals surface area contributed by atoms with E-state index in [-0.39, 0.29) is 12.1 Å². The highest BCUT2D eigenvalue weighted by atomic mass is 32.2. The number of fused-ring (bicyclic) bond motifs is 3. The van der Waals surface area contributed by atoms with Crippen LogP contribution in [0.15, 0.2) is 47.4 Å². The first kappa shape index (κ1) is 14.7. The Balaban J connectivity index is 1.71. The Morgan fingerprint density at radius 3 is 2.57 bits per heavy atom. The highest BCUT2D eigenvalue weighted by Gasteiger charge is 2.58. The lowest BCUT2D eigenvalue weighted by Gasteiger charge is -2.13. The Kier molecular flexibility index (Phi) is 3.25. The zero-order valence-electron chi connectivity index (χ0n) is 13.2. The number of ether oxygens (including phenoxy) is 1. The lowest BCUT2D eigenvalue weighted by Crippen LogP contribution is -2.14. The van der Waals surface area contributed by atoms with Gasteiger partial charge in [0, 0.05) is 6.04 Å². The third-order valence-corrected chi connectivity index (χ3v) is 6.77. The molecule has 1 aliphatic heterocycles. The summed E-state index contributed by atoms with van der Waals surface area (Å²) >= 11 is 0. The fraction of sp³-hybridized carbons (Fsp3) is 0.333. The molecule has 0 aromatic heterocycles. The summed E-state index contributed by atoms with van der Waals surface area (Å²) in [6.45, 7) is 1.95. The van der Waals surface area contributed by atoms with Crippen molar-refractivity contribution in [1.82, 2.24) is 4.31 Å². The number of nitrogens with zero attached hydrogens (tertiary/aromatic N) is 1. The molecule has 2 aromatic rings. The normalized spacial score (nSPS) is 25.4. The van der Waals surface area contributed by atoms with E-state index >= 15 is 0 Å². The minimum Gasteiger partial charge on any atom is -0.497 e. The maximum Gasteiger partial charge on any atom is 0.244 e. The smallest absolute Gasteiger partial charge is 0.244 e. The fourth-order valence-electron chi connectivity index (χ4n) is 3.55. The van der Waals surface area contributed by atoms with Crippen LogP contribution in [0.5, 0.6) is 5.75 Å². The van der Waals surface area contributed by atoms with Gasteiger partial charge in [-0.15, -0.1) is 0 Å². The highest BCUT2D eigenvalue weighted by molar-refractivity contribution is 7.89. The predicted molar refractivity (Wildman–Crippen MR) is 88.0 cm³/mol. The van der Waals surface area contributed by atoms with Gasteiger partial charge in [0.15, 0.2) is 0 Å². The monoisotopic (exact) mass is 329 g/mol. The molecule has 1 saturated heterocycles. The molecule has 0 saturated carbocycles. The lowest BCUT2D eigenvalue weighted by molar-refractivity contribution is 0.413. The van der Waals surface area contributed by atoms with E-state index in [1.54, 1.807) is 23.5 Å². The molecule has 0 radical (unpaired) electrons. The molecule has 0 N–H and O–H groups in total. The van der Waals surface area contributed by atoms with Crippen molar-refractivity contribution >= 4 is 10.0 Å². The van der Waals surface area contributed by atoms with Crippen molar-refractivity contribution < 1.29 is 13.2 Å². The van der Waals surface area contributed by atoms with Gasteiger partial charge in [-0.2, -0.15) is 4.31 Å². The largest absolute Gasteiger partial charge is 0.497 e. The number of methoxy groups -OCH3 is 1. The van der Waals surface area contributed by atoms with Gasteiger partial charge in [0.1, 0.15) is 5.75 Å². The van der Waals surface area contributed by atoms with E-state index in [9.17, 15) is 8.42 Å². The van der Waals surface area contributed by atoms with Gasteiger partial charge >= 0.3 is 0 Å². The van der Waals surface area contributed by atoms with Gasteiger partial charge in [0.2, 0.25) is 10.0 Å². The molecule has 4 nitrogen and oxygen atoms in total. The van der Waals surface area contributed by atoms with E-state index in [0.29, 0.717) is 4.90 Å². The van der Waals surface area contributed by atoms with Crippen LogP contribution in [0, 0.1) is 6.92 Å². The van der Waals surface area contributed by atoms with E-state index in [1.165, 1.54) is 5.56 Å². The SMILES string of the molecule is COc1ccc2c(c1)[C@@H]1[C@H](CC2)N1S(=O)(=O)c1ccc(C)cc1. The topological polar surface area (TPSA) is 46.4 Å². The second-order valence-corrected chi connectivity index (χ2v) is 8.11. The molecule has 23 heavy (non-hydrogen) atoms. The van der Waals surface area contributed by atoms with Crippen LogP contribution in [0.1, 0.15) is 29.2 Å². The number of hydrogen-bond acceptors (Lipinski definition) is 3. The molecular weight excluding hydrogens is 310 g/mol. The third kappa shape index (κ3) is 2.26. The van der Waals surface area contributed by atoms with Crippen molar-refractivity contribution in [2.75, 3.05) is 7.11 Å². The minimum atomic E-state index is -3.43. The molecule has 0 amide bonds. The summed E-state index contributed by atoms with van der Waals surface area (Å²) in [5.41, 5.74) is 3.38. The van der Waals surface area contributed by atoms with Crippen LogP contribution in [-0.2, 0) is 16.4 Å². The van der Waals surface area contributed by atoms with Crippen LogP contribution in [0.3, 0.4) is 0 Å². The molecule has 0 bridgehead atoms. The quantitative estimate of drug-likeness (QED) is 0.813. The maximum atomic E-state index is 12.9. The maximum absolute atomic E-state index is 12.9. The molecule has 1 heterocycles. The van der Waals surface area contributed by atoms with Gasteiger partial charge in [-0.3, -0.25) is 0 Å². The predicted octanol–water partition coefficient (Wildman–Crippen LogP) is 3.06. The van der Waals surface area contributed by atoms with E-state index in [2.05, 4.69) is 6.07 Å². The van der Waals surface area contributed by atoms with Crippen LogP contribution in [0.4, 0.5) is 0 Å². The van der Waals surface area contributed by atoms with Gasteiger partial charge in [-0.1, -0.05) is 23.8 Å². The van der Waals surface area contributed by atoms with Crippen LogP contribution in [0.25, 0.3) is 0 Å². The summed E-state index contributed by atoms with van der Waals surface area (Å²) in [7, 11) is -1.80.